The number of rotatable bonds is 7. The molecule has 192 valence electrons. The molecule has 9 nitrogen and oxygen atoms in total. The highest BCUT2D eigenvalue weighted by atomic mass is 19.1. The maximum atomic E-state index is 13.5. The number of carbonyl (C=O) groups is 3. The molecule has 1 atom stereocenters. The normalized spacial score (nSPS) is 14.0. The summed E-state index contributed by atoms with van der Waals surface area (Å²) >= 11 is 0. The van der Waals surface area contributed by atoms with E-state index in [9.17, 15) is 18.8 Å². The molecule has 2 aromatic carbocycles. The van der Waals surface area contributed by atoms with Crippen LogP contribution in [0, 0.1) is 12.7 Å². The molecular formula is C27H28FN5O4. The Labute approximate surface area is 214 Å². The van der Waals surface area contributed by atoms with Crippen LogP contribution in [-0.2, 0) is 17.7 Å². The molecule has 0 unspecified atom stereocenters. The minimum absolute atomic E-state index is 0.0391. The van der Waals surface area contributed by atoms with Crippen molar-refractivity contribution in [2.24, 2.45) is 0 Å². The van der Waals surface area contributed by atoms with Gasteiger partial charge in [-0.1, -0.05) is 18.2 Å². The molecule has 0 radical (unpaired) electrons. The quantitative estimate of drug-likeness (QED) is 0.475. The smallest absolute Gasteiger partial charge is 0.337 e. The van der Waals surface area contributed by atoms with E-state index in [0.29, 0.717) is 24.0 Å². The van der Waals surface area contributed by atoms with E-state index in [1.807, 2.05) is 6.07 Å². The van der Waals surface area contributed by atoms with Crippen molar-refractivity contribution in [1.29, 1.82) is 0 Å². The Morgan fingerprint density at radius 1 is 1.05 bits per heavy atom. The third kappa shape index (κ3) is 5.74. The van der Waals surface area contributed by atoms with Gasteiger partial charge in [0.05, 0.1) is 18.7 Å². The fraction of sp³-hybridized carbons (Fsp3) is 0.296. The first-order valence-electron chi connectivity index (χ1n) is 11.8. The number of ether oxygens (including phenoxy) is 1. The largest absolute Gasteiger partial charge is 0.465 e. The lowest BCUT2D eigenvalue weighted by molar-refractivity contribution is 0.0600. The summed E-state index contributed by atoms with van der Waals surface area (Å²) in [5.41, 5.74) is 3.68. The monoisotopic (exact) mass is 505 g/mol. The van der Waals surface area contributed by atoms with Crippen molar-refractivity contribution in [1.82, 2.24) is 20.6 Å². The second-order valence-electron chi connectivity index (χ2n) is 9.07. The van der Waals surface area contributed by atoms with E-state index < -0.39 is 17.8 Å². The first-order valence-corrected chi connectivity index (χ1v) is 11.8. The predicted octanol–water partition coefficient (Wildman–Crippen LogP) is 3.12. The zero-order chi connectivity index (χ0) is 26.7. The van der Waals surface area contributed by atoms with Gasteiger partial charge in [-0.15, -0.1) is 0 Å². The highest BCUT2D eigenvalue weighted by Crippen LogP contribution is 2.32. The summed E-state index contributed by atoms with van der Waals surface area (Å²) in [7, 11) is 4.76. The van der Waals surface area contributed by atoms with E-state index >= 15 is 0 Å². The Bertz CT molecular complexity index is 1370. The van der Waals surface area contributed by atoms with Crippen LogP contribution in [0.5, 0.6) is 0 Å². The van der Waals surface area contributed by atoms with Gasteiger partial charge in [0, 0.05) is 26.7 Å². The van der Waals surface area contributed by atoms with Crippen LogP contribution in [0.1, 0.15) is 66.1 Å². The van der Waals surface area contributed by atoms with Crippen molar-refractivity contribution in [3.8, 4) is 0 Å². The number of hydrogen-bond acceptors (Lipinski definition) is 7. The minimum Gasteiger partial charge on any atom is -0.465 e. The first kappa shape index (κ1) is 25.7. The number of amides is 2. The molecule has 0 aliphatic heterocycles. The lowest BCUT2D eigenvalue weighted by atomic mass is 10.0. The SMILES string of the molecule is COC(=O)c1ccc2c(c1)CC[C@@H]2NC(=O)c1cc(C(=O)NCc2ccc(F)c(C)c2)nc(N(C)C)n1. The molecule has 2 N–H and O–H groups in total. The highest BCUT2D eigenvalue weighted by Gasteiger charge is 2.27. The van der Waals surface area contributed by atoms with E-state index in [0.717, 1.165) is 16.7 Å². The van der Waals surface area contributed by atoms with Crippen molar-refractivity contribution in [2.45, 2.75) is 32.4 Å². The van der Waals surface area contributed by atoms with Gasteiger partial charge < -0.3 is 20.3 Å². The van der Waals surface area contributed by atoms with Gasteiger partial charge in [0.15, 0.2) is 0 Å². The van der Waals surface area contributed by atoms with E-state index in [2.05, 4.69) is 20.6 Å². The molecule has 1 heterocycles. The molecule has 0 saturated heterocycles. The average Bonchev–Trinajstić information content (AvgIpc) is 3.30. The van der Waals surface area contributed by atoms with Gasteiger partial charge >= 0.3 is 5.97 Å². The lowest BCUT2D eigenvalue weighted by Gasteiger charge is -2.16. The summed E-state index contributed by atoms with van der Waals surface area (Å²) in [6.45, 7) is 1.83. The summed E-state index contributed by atoms with van der Waals surface area (Å²) < 4.78 is 18.3. The molecule has 2 amide bonds. The molecular weight excluding hydrogens is 477 g/mol. The molecule has 1 aromatic heterocycles. The van der Waals surface area contributed by atoms with Gasteiger partial charge in [-0.05, 0) is 60.2 Å². The van der Waals surface area contributed by atoms with E-state index in [1.54, 1.807) is 50.2 Å². The van der Waals surface area contributed by atoms with Crippen LogP contribution in [0.3, 0.4) is 0 Å². The minimum atomic E-state index is -0.483. The number of aromatic nitrogens is 2. The number of benzene rings is 2. The molecule has 1 aliphatic rings. The summed E-state index contributed by atoms with van der Waals surface area (Å²) in [6, 6.07) is 11.0. The number of esters is 1. The van der Waals surface area contributed by atoms with Crippen LogP contribution in [0.4, 0.5) is 10.3 Å². The van der Waals surface area contributed by atoms with Crippen molar-refractivity contribution in [3.05, 3.63) is 87.5 Å². The van der Waals surface area contributed by atoms with Crippen molar-refractivity contribution >= 4 is 23.7 Å². The fourth-order valence-corrected chi connectivity index (χ4v) is 4.20. The van der Waals surface area contributed by atoms with Crippen molar-refractivity contribution < 1.29 is 23.5 Å². The zero-order valence-corrected chi connectivity index (χ0v) is 21.1. The van der Waals surface area contributed by atoms with Gasteiger partial charge in [0.25, 0.3) is 11.8 Å². The topological polar surface area (TPSA) is 114 Å². The average molecular weight is 506 g/mol. The number of methoxy groups -OCH3 is 1. The molecule has 3 aromatic rings. The summed E-state index contributed by atoms with van der Waals surface area (Å²) in [5, 5.41) is 5.74. The van der Waals surface area contributed by atoms with Crippen molar-refractivity contribution in [2.75, 3.05) is 26.1 Å². The Balaban J connectivity index is 1.51. The zero-order valence-electron chi connectivity index (χ0n) is 21.1. The third-order valence-electron chi connectivity index (χ3n) is 6.20. The Kier molecular flexibility index (Phi) is 7.47. The van der Waals surface area contributed by atoms with E-state index in [4.69, 9.17) is 4.74 Å². The van der Waals surface area contributed by atoms with Gasteiger partial charge in [-0.3, -0.25) is 9.59 Å². The number of aryl methyl sites for hydroxylation is 2. The number of carbonyl (C=O) groups excluding carboxylic acids is 3. The first-order chi connectivity index (χ1) is 17.7. The lowest BCUT2D eigenvalue weighted by Crippen LogP contribution is -2.30. The third-order valence-corrected chi connectivity index (χ3v) is 6.20. The predicted molar refractivity (Wildman–Crippen MR) is 135 cm³/mol. The van der Waals surface area contributed by atoms with Crippen LogP contribution >= 0.6 is 0 Å². The maximum absolute atomic E-state index is 13.5. The summed E-state index contributed by atoms with van der Waals surface area (Å²) in [6.07, 6.45) is 1.37. The van der Waals surface area contributed by atoms with E-state index in [1.165, 1.54) is 19.2 Å². The van der Waals surface area contributed by atoms with Crippen molar-refractivity contribution in [3.63, 3.8) is 0 Å². The molecule has 0 saturated carbocycles. The standard InChI is InChI=1S/C27H28FN5O4/c1-15-11-16(5-9-20(15)28)14-29-24(34)22-13-23(32-27(31-22)33(2)3)25(35)30-21-10-7-17-12-18(26(36)37-4)6-8-19(17)21/h5-6,8-9,11-13,21H,7,10,14H2,1-4H3,(H,29,34)(H,30,35)/t21-/m0/s1. The number of anilines is 1. The Morgan fingerprint density at radius 2 is 1.78 bits per heavy atom. The van der Waals surface area contributed by atoms with Gasteiger partial charge in [-0.2, -0.15) is 0 Å². The Morgan fingerprint density at radius 3 is 2.46 bits per heavy atom. The van der Waals surface area contributed by atoms with Crippen LogP contribution < -0.4 is 15.5 Å². The number of halogens is 1. The van der Waals surface area contributed by atoms with Crippen LogP contribution in [0.25, 0.3) is 0 Å². The van der Waals surface area contributed by atoms with Crippen LogP contribution in [-0.4, -0.2) is 49.0 Å². The van der Waals surface area contributed by atoms with Gasteiger partial charge in [-0.25, -0.2) is 19.2 Å². The molecule has 0 spiro atoms. The Hall–Kier alpha value is -4.34. The number of fused-ring (bicyclic) bond motifs is 1. The molecule has 37 heavy (non-hydrogen) atoms. The van der Waals surface area contributed by atoms with Crippen LogP contribution in [0.15, 0.2) is 42.5 Å². The number of hydrogen-bond donors (Lipinski definition) is 2. The molecule has 4 rings (SSSR count). The van der Waals surface area contributed by atoms with Crippen LogP contribution in [0.2, 0.25) is 0 Å². The molecule has 10 heteroatoms. The second-order valence-corrected chi connectivity index (χ2v) is 9.07. The highest BCUT2D eigenvalue weighted by molar-refractivity contribution is 5.98. The number of nitrogens with one attached hydrogen (secondary N) is 2. The summed E-state index contributed by atoms with van der Waals surface area (Å²) in [5.74, 6) is -1.43. The molecule has 0 fully saturated rings. The van der Waals surface area contributed by atoms with E-state index in [-0.39, 0.29) is 35.7 Å². The second kappa shape index (κ2) is 10.7. The molecule has 0 bridgehead atoms. The maximum Gasteiger partial charge on any atom is 0.337 e. The summed E-state index contributed by atoms with van der Waals surface area (Å²) in [4.78, 5) is 48.1. The van der Waals surface area contributed by atoms with Gasteiger partial charge in [0.2, 0.25) is 5.95 Å². The molecule has 1 aliphatic carbocycles. The fourth-order valence-electron chi connectivity index (χ4n) is 4.20. The number of nitrogens with zero attached hydrogens (tertiary/aromatic N) is 3. The van der Waals surface area contributed by atoms with Gasteiger partial charge in [0.1, 0.15) is 17.2 Å².